The zero-order valence-corrected chi connectivity index (χ0v) is 13.1. The summed E-state index contributed by atoms with van der Waals surface area (Å²) >= 11 is 4.85. The van der Waals surface area contributed by atoms with Crippen LogP contribution in [-0.4, -0.2) is 29.7 Å². The Balaban J connectivity index is 2.04. The standard InChI is InChI=1S/C13H16N4O2S2/c1-17-8-6-11(16-17)5-7-15-21(18,19)12-4-2-3-10(9-12)13(14)20/h2-4,6,8-9,15H,5,7H2,1H3,(H2,14,20). The van der Waals surface area contributed by atoms with Crippen molar-refractivity contribution in [3.8, 4) is 0 Å². The maximum atomic E-state index is 12.2. The van der Waals surface area contributed by atoms with Crippen molar-refractivity contribution in [2.75, 3.05) is 6.54 Å². The third-order valence-corrected chi connectivity index (χ3v) is 4.57. The van der Waals surface area contributed by atoms with Gasteiger partial charge in [-0.1, -0.05) is 24.4 Å². The molecule has 8 heteroatoms. The van der Waals surface area contributed by atoms with Crippen LogP contribution in [0.4, 0.5) is 0 Å². The summed E-state index contributed by atoms with van der Waals surface area (Å²) in [6.07, 6.45) is 2.34. The third-order valence-electron chi connectivity index (χ3n) is 2.87. The topological polar surface area (TPSA) is 90.0 Å². The van der Waals surface area contributed by atoms with Crippen LogP contribution in [0.5, 0.6) is 0 Å². The van der Waals surface area contributed by atoms with Crippen molar-refractivity contribution in [2.24, 2.45) is 12.8 Å². The lowest BCUT2D eigenvalue weighted by atomic mass is 10.2. The first-order chi connectivity index (χ1) is 9.88. The first-order valence-electron chi connectivity index (χ1n) is 6.26. The molecule has 0 spiro atoms. The second-order valence-electron chi connectivity index (χ2n) is 4.52. The van der Waals surface area contributed by atoms with Gasteiger partial charge in [-0.2, -0.15) is 5.10 Å². The maximum absolute atomic E-state index is 12.2. The number of nitrogens with one attached hydrogen (secondary N) is 1. The molecule has 112 valence electrons. The van der Waals surface area contributed by atoms with Crippen molar-refractivity contribution in [3.63, 3.8) is 0 Å². The van der Waals surface area contributed by atoms with E-state index >= 15 is 0 Å². The van der Waals surface area contributed by atoms with E-state index in [1.54, 1.807) is 16.8 Å². The van der Waals surface area contributed by atoms with E-state index in [2.05, 4.69) is 9.82 Å². The quantitative estimate of drug-likeness (QED) is 0.759. The number of hydrogen-bond acceptors (Lipinski definition) is 4. The number of sulfonamides is 1. The van der Waals surface area contributed by atoms with Crippen LogP contribution in [0.2, 0.25) is 0 Å². The number of benzene rings is 1. The lowest BCUT2D eigenvalue weighted by molar-refractivity contribution is 0.581. The Hall–Kier alpha value is -1.77. The Morgan fingerprint density at radius 2 is 2.19 bits per heavy atom. The molecule has 1 aromatic heterocycles. The Bertz CT molecular complexity index is 753. The summed E-state index contributed by atoms with van der Waals surface area (Å²) in [6.45, 7) is 0.274. The molecule has 2 rings (SSSR count). The summed E-state index contributed by atoms with van der Waals surface area (Å²) in [6, 6.07) is 8.11. The van der Waals surface area contributed by atoms with Crippen LogP contribution in [0.1, 0.15) is 11.3 Å². The molecule has 1 heterocycles. The molecule has 1 aromatic carbocycles. The second-order valence-corrected chi connectivity index (χ2v) is 6.73. The predicted octanol–water partition coefficient (Wildman–Crippen LogP) is 0.575. The van der Waals surface area contributed by atoms with Crippen molar-refractivity contribution in [1.82, 2.24) is 14.5 Å². The Labute approximate surface area is 129 Å². The normalized spacial score (nSPS) is 11.5. The van der Waals surface area contributed by atoms with Crippen molar-refractivity contribution in [2.45, 2.75) is 11.3 Å². The lowest BCUT2D eigenvalue weighted by Crippen LogP contribution is -2.26. The van der Waals surface area contributed by atoms with Gasteiger partial charge in [0.1, 0.15) is 4.99 Å². The molecule has 2 aromatic rings. The Morgan fingerprint density at radius 1 is 1.43 bits per heavy atom. The van der Waals surface area contributed by atoms with E-state index in [-0.39, 0.29) is 16.4 Å². The summed E-state index contributed by atoms with van der Waals surface area (Å²) in [5, 5.41) is 4.19. The van der Waals surface area contributed by atoms with Gasteiger partial charge in [-0.3, -0.25) is 4.68 Å². The van der Waals surface area contributed by atoms with E-state index in [9.17, 15) is 8.42 Å². The van der Waals surface area contributed by atoms with Gasteiger partial charge in [0.2, 0.25) is 10.0 Å². The number of hydrogen-bond donors (Lipinski definition) is 2. The number of rotatable bonds is 6. The van der Waals surface area contributed by atoms with E-state index in [0.717, 1.165) is 5.69 Å². The Kier molecular flexibility index (Phi) is 4.71. The van der Waals surface area contributed by atoms with E-state index in [1.807, 2.05) is 19.3 Å². The van der Waals surface area contributed by atoms with Gasteiger partial charge >= 0.3 is 0 Å². The van der Waals surface area contributed by atoms with Gasteiger partial charge in [0.05, 0.1) is 10.6 Å². The molecule has 0 aliphatic rings. The number of thiocarbonyl (C=S) groups is 1. The van der Waals surface area contributed by atoms with Gasteiger partial charge in [-0.05, 0) is 18.2 Å². The molecule has 0 aliphatic carbocycles. The molecule has 0 fully saturated rings. The molecule has 0 unspecified atom stereocenters. The number of aryl methyl sites for hydroxylation is 1. The molecule has 0 atom stereocenters. The molecule has 0 saturated heterocycles. The smallest absolute Gasteiger partial charge is 0.240 e. The first-order valence-corrected chi connectivity index (χ1v) is 8.16. The van der Waals surface area contributed by atoms with Crippen molar-refractivity contribution >= 4 is 27.2 Å². The predicted molar refractivity (Wildman–Crippen MR) is 84.4 cm³/mol. The van der Waals surface area contributed by atoms with Crippen LogP contribution in [0.15, 0.2) is 41.4 Å². The SMILES string of the molecule is Cn1ccc(CCNS(=O)(=O)c2cccc(C(N)=S)c2)n1. The number of nitrogens with two attached hydrogens (primary N) is 1. The Morgan fingerprint density at radius 3 is 2.81 bits per heavy atom. The molecule has 21 heavy (non-hydrogen) atoms. The molecule has 0 radical (unpaired) electrons. The lowest BCUT2D eigenvalue weighted by Gasteiger charge is -2.07. The minimum absolute atomic E-state index is 0.147. The van der Waals surface area contributed by atoms with Gasteiger partial charge < -0.3 is 5.73 Å². The van der Waals surface area contributed by atoms with E-state index in [1.165, 1.54) is 12.1 Å². The van der Waals surface area contributed by atoms with Crippen molar-refractivity contribution in [3.05, 3.63) is 47.8 Å². The summed E-state index contributed by atoms with van der Waals surface area (Å²) in [5.41, 5.74) is 6.87. The highest BCUT2D eigenvalue weighted by atomic mass is 32.2. The molecule has 0 amide bonds. The third kappa shape index (κ3) is 4.10. The van der Waals surface area contributed by atoms with Gasteiger partial charge in [0, 0.05) is 31.8 Å². The van der Waals surface area contributed by atoms with Crippen LogP contribution in [0.3, 0.4) is 0 Å². The van der Waals surface area contributed by atoms with Crippen molar-refractivity contribution < 1.29 is 8.42 Å². The van der Waals surface area contributed by atoms with E-state index in [0.29, 0.717) is 12.0 Å². The fourth-order valence-electron chi connectivity index (χ4n) is 1.81. The number of aromatic nitrogens is 2. The van der Waals surface area contributed by atoms with Crippen LogP contribution >= 0.6 is 12.2 Å². The van der Waals surface area contributed by atoms with Gasteiger partial charge in [0.15, 0.2) is 0 Å². The zero-order valence-electron chi connectivity index (χ0n) is 11.5. The highest BCUT2D eigenvalue weighted by molar-refractivity contribution is 7.89. The average molecular weight is 324 g/mol. The van der Waals surface area contributed by atoms with Gasteiger partial charge in [-0.25, -0.2) is 13.1 Å². The summed E-state index contributed by atoms with van der Waals surface area (Å²) < 4.78 is 28.6. The zero-order chi connectivity index (χ0) is 15.5. The average Bonchev–Trinajstić information content (AvgIpc) is 2.84. The van der Waals surface area contributed by atoms with E-state index < -0.39 is 10.0 Å². The van der Waals surface area contributed by atoms with Crippen molar-refractivity contribution in [1.29, 1.82) is 0 Å². The fourth-order valence-corrected chi connectivity index (χ4v) is 3.01. The fraction of sp³-hybridized carbons (Fsp3) is 0.231. The largest absolute Gasteiger partial charge is 0.389 e. The highest BCUT2D eigenvalue weighted by Gasteiger charge is 2.14. The number of nitrogens with zero attached hydrogens (tertiary/aromatic N) is 2. The monoisotopic (exact) mass is 324 g/mol. The van der Waals surface area contributed by atoms with Crippen LogP contribution in [0, 0.1) is 0 Å². The maximum Gasteiger partial charge on any atom is 0.240 e. The minimum Gasteiger partial charge on any atom is -0.389 e. The van der Waals surface area contributed by atoms with E-state index in [4.69, 9.17) is 18.0 Å². The molecule has 0 saturated carbocycles. The van der Waals surface area contributed by atoms with Crippen LogP contribution in [0.25, 0.3) is 0 Å². The van der Waals surface area contributed by atoms with Gasteiger partial charge in [-0.15, -0.1) is 0 Å². The van der Waals surface area contributed by atoms with Crippen LogP contribution < -0.4 is 10.5 Å². The molecule has 0 aliphatic heterocycles. The minimum atomic E-state index is -3.58. The summed E-state index contributed by atoms with van der Waals surface area (Å²) in [5.74, 6) is 0. The second kappa shape index (κ2) is 6.33. The molecule has 6 nitrogen and oxygen atoms in total. The molecular formula is C13H16N4O2S2. The van der Waals surface area contributed by atoms with Crippen LogP contribution in [-0.2, 0) is 23.5 Å². The molecule has 0 bridgehead atoms. The summed E-state index contributed by atoms with van der Waals surface area (Å²) in [7, 11) is -1.77. The molecular weight excluding hydrogens is 308 g/mol. The summed E-state index contributed by atoms with van der Waals surface area (Å²) in [4.78, 5) is 0.314. The highest BCUT2D eigenvalue weighted by Crippen LogP contribution is 2.11. The van der Waals surface area contributed by atoms with Gasteiger partial charge in [0.25, 0.3) is 0 Å². The first kappa shape index (κ1) is 15.6. The molecule has 3 N–H and O–H groups in total.